The Morgan fingerprint density at radius 1 is 1.00 bits per heavy atom. The second kappa shape index (κ2) is 4.30. The van der Waals surface area contributed by atoms with Crippen LogP contribution in [0, 0.1) is 0 Å². The van der Waals surface area contributed by atoms with Crippen LogP contribution in [0.1, 0.15) is 17.5 Å². The van der Waals surface area contributed by atoms with Crippen LogP contribution in [0.5, 0.6) is 0 Å². The van der Waals surface area contributed by atoms with Crippen LogP contribution in [0.4, 0.5) is 0 Å². The van der Waals surface area contributed by atoms with Gasteiger partial charge in [0.05, 0.1) is 10.9 Å². The molecule has 3 aromatic rings. The van der Waals surface area contributed by atoms with E-state index in [0.717, 1.165) is 30.3 Å². The van der Waals surface area contributed by atoms with E-state index in [9.17, 15) is 4.79 Å². The van der Waals surface area contributed by atoms with Crippen molar-refractivity contribution in [2.75, 3.05) is 0 Å². The first-order chi connectivity index (χ1) is 9.81. The quantitative estimate of drug-likeness (QED) is 0.676. The molecule has 0 saturated heterocycles. The van der Waals surface area contributed by atoms with E-state index in [4.69, 9.17) is 4.42 Å². The number of benzene rings is 2. The lowest BCUT2D eigenvalue weighted by Gasteiger charge is -2.04. The van der Waals surface area contributed by atoms with E-state index in [1.54, 1.807) is 0 Å². The summed E-state index contributed by atoms with van der Waals surface area (Å²) in [5.41, 5.74) is 3.84. The third kappa shape index (κ3) is 1.74. The van der Waals surface area contributed by atoms with E-state index in [1.165, 1.54) is 11.1 Å². The normalized spacial score (nSPS) is 13.6. The van der Waals surface area contributed by atoms with Gasteiger partial charge in [0.1, 0.15) is 0 Å². The lowest BCUT2D eigenvalue weighted by molar-refractivity contribution is 0.518. The predicted molar refractivity (Wildman–Crippen MR) is 77.7 cm³/mol. The van der Waals surface area contributed by atoms with Crippen LogP contribution in [0.15, 0.2) is 51.7 Å². The van der Waals surface area contributed by atoms with Gasteiger partial charge in [-0.05, 0) is 54.7 Å². The Hall–Kier alpha value is -2.42. The van der Waals surface area contributed by atoms with E-state index in [1.807, 2.05) is 42.5 Å². The second-order valence-corrected chi connectivity index (χ2v) is 5.16. The van der Waals surface area contributed by atoms with E-state index >= 15 is 0 Å². The van der Waals surface area contributed by atoms with E-state index in [0.29, 0.717) is 11.3 Å². The minimum Gasteiger partial charge on any atom is -0.403 e. The maximum absolute atomic E-state index is 12.2. The summed E-state index contributed by atoms with van der Waals surface area (Å²) >= 11 is 0. The Kier molecular flexibility index (Phi) is 2.46. The third-order valence-electron chi connectivity index (χ3n) is 3.86. The highest BCUT2D eigenvalue weighted by atomic mass is 16.4. The number of nitrogens with zero attached hydrogens (tertiary/aromatic N) is 1. The number of aromatic nitrogens is 1. The van der Waals surface area contributed by atoms with Crippen molar-refractivity contribution in [1.82, 2.24) is 4.98 Å². The van der Waals surface area contributed by atoms with Gasteiger partial charge in [0.2, 0.25) is 5.89 Å². The Bertz CT molecular complexity index is 850. The highest BCUT2D eigenvalue weighted by Crippen LogP contribution is 2.26. The molecule has 4 rings (SSSR count). The molecule has 0 amide bonds. The zero-order chi connectivity index (χ0) is 13.5. The van der Waals surface area contributed by atoms with Crippen LogP contribution in [-0.4, -0.2) is 4.98 Å². The van der Waals surface area contributed by atoms with Gasteiger partial charge in [0, 0.05) is 5.56 Å². The monoisotopic (exact) mass is 263 g/mol. The molecule has 0 spiro atoms. The lowest BCUT2D eigenvalue weighted by atomic mass is 10.1. The molecule has 0 radical (unpaired) electrons. The summed E-state index contributed by atoms with van der Waals surface area (Å²) in [6, 6.07) is 13.5. The number of rotatable bonds is 1. The van der Waals surface area contributed by atoms with Gasteiger partial charge in [-0.2, -0.15) is 0 Å². The zero-order valence-electron chi connectivity index (χ0n) is 10.9. The molecular weight excluding hydrogens is 250 g/mol. The number of hydrogen-bond donors (Lipinski definition) is 0. The topological polar surface area (TPSA) is 43.1 Å². The molecule has 0 bridgehead atoms. The maximum atomic E-state index is 12.2. The molecule has 0 unspecified atom stereocenters. The maximum Gasteiger partial charge on any atom is 0.347 e. The van der Waals surface area contributed by atoms with Crippen molar-refractivity contribution >= 4 is 10.9 Å². The fourth-order valence-corrected chi connectivity index (χ4v) is 2.85. The second-order valence-electron chi connectivity index (χ2n) is 5.16. The Balaban J connectivity index is 1.98. The smallest absolute Gasteiger partial charge is 0.347 e. The first-order valence-electron chi connectivity index (χ1n) is 6.83. The molecule has 3 nitrogen and oxygen atoms in total. The van der Waals surface area contributed by atoms with Crippen molar-refractivity contribution in [3.8, 4) is 11.5 Å². The summed E-state index contributed by atoms with van der Waals surface area (Å²) in [6.07, 6.45) is 3.28. The molecule has 0 N–H and O–H groups in total. The Morgan fingerprint density at radius 3 is 2.55 bits per heavy atom. The van der Waals surface area contributed by atoms with Crippen LogP contribution in [-0.2, 0) is 12.8 Å². The van der Waals surface area contributed by atoms with Crippen molar-refractivity contribution < 1.29 is 4.42 Å². The Labute approximate surface area is 115 Å². The molecule has 98 valence electrons. The summed E-state index contributed by atoms with van der Waals surface area (Å²) in [5, 5.41) is 0.588. The standard InChI is InChI=1S/C17H13NO2/c19-17-14-9-12-7-4-8-13(12)10-15(14)18-16(20-17)11-5-2-1-3-6-11/h1-3,5-6,9-10H,4,7-8H2. The molecule has 0 atom stereocenters. The first kappa shape index (κ1) is 11.4. The van der Waals surface area contributed by atoms with Gasteiger partial charge in [-0.3, -0.25) is 0 Å². The van der Waals surface area contributed by atoms with Crippen LogP contribution < -0.4 is 5.63 Å². The molecule has 3 heteroatoms. The molecule has 0 fully saturated rings. The molecule has 0 aliphatic heterocycles. The predicted octanol–water partition coefficient (Wildman–Crippen LogP) is 3.34. The van der Waals surface area contributed by atoms with Gasteiger partial charge >= 0.3 is 5.63 Å². The van der Waals surface area contributed by atoms with Crippen molar-refractivity contribution in [2.24, 2.45) is 0 Å². The highest BCUT2D eigenvalue weighted by molar-refractivity contribution is 5.80. The molecule has 1 aliphatic carbocycles. The summed E-state index contributed by atoms with van der Waals surface area (Å²) in [6.45, 7) is 0. The Morgan fingerprint density at radius 2 is 1.75 bits per heavy atom. The molecule has 20 heavy (non-hydrogen) atoms. The molecule has 1 heterocycles. The van der Waals surface area contributed by atoms with E-state index < -0.39 is 0 Å². The lowest BCUT2D eigenvalue weighted by Crippen LogP contribution is -2.04. The molecule has 2 aromatic carbocycles. The largest absolute Gasteiger partial charge is 0.403 e. The molecule has 1 aliphatic rings. The zero-order valence-corrected chi connectivity index (χ0v) is 10.9. The van der Waals surface area contributed by atoms with E-state index in [2.05, 4.69) is 4.98 Å². The third-order valence-corrected chi connectivity index (χ3v) is 3.86. The van der Waals surface area contributed by atoms with Gasteiger partial charge in [0.25, 0.3) is 0 Å². The van der Waals surface area contributed by atoms with Crippen molar-refractivity contribution in [3.63, 3.8) is 0 Å². The van der Waals surface area contributed by atoms with E-state index in [-0.39, 0.29) is 5.63 Å². The van der Waals surface area contributed by atoms with Gasteiger partial charge in [0.15, 0.2) is 0 Å². The summed E-state index contributed by atoms with van der Waals surface area (Å²) in [4.78, 5) is 16.7. The van der Waals surface area contributed by atoms with Gasteiger partial charge in [-0.1, -0.05) is 18.2 Å². The molecule has 1 aromatic heterocycles. The van der Waals surface area contributed by atoms with Crippen LogP contribution in [0.2, 0.25) is 0 Å². The minimum absolute atomic E-state index is 0.302. The van der Waals surface area contributed by atoms with Crippen LogP contribution >= 0.6 is 0 Å². The van der Waals surface area contributed by atoms with Gasteiger partial charge < -0.3 is 4.42 Å². The summed E-state index contributed by atoms with van der Waals surface area (Å²) in [5.74, 6) is 0.390. The molecular formula is C17H13NO2. The molecule has 0 saturated carbocycles. The average molecular weight is 263 g/mol. The first-order valence-corrected chi connectivity index (χ1v) is 6.83. The average Bonchev–Trinajstić information content (AvgIpc) is 2.93. The van der Waals surface area contributed by atoms with Gasteiger partial charge in [-0.25, -0.2) is 9.78 Å². The van der Waals surface area contributed by atoms with Gasteiger partial charge in [-0.15, -0.1) is 0 Å². The van der Waals surface area contributed by atoms with Crippen molar-refractivity contribution in [3.05, 3.63) is 64.0 Å². The summed E-state index contributed by atoms with van der Waals surface area (Å²) < 4.78 is 5.37. The fourth-order valence-electron chi connectivity index (χ4n) is 2.85. The van der Waals surface area contributed by atoms with Crippen molar-refractivity contribution in [1.29, 1.82) is 0 Å². The summed E-state index contributed by atoms with van der Waals surface area (Å²) in [7, 11) is 0. The fraction of sp³-hybridized carbons (Fsp3) is 0.176. The number of fused-ring (bicyclic) bond motifs is 2. The highest BCUT2D eigenvalue weighted by Gasteiger charge is 2.15. The number of hydrogen-bond acceptors (Lipinski definition) is 3. The minimum atomic E-state index is -0.302. The SMILES string of the molecule is O=c1oc(-c2ccccc2)nc2cc3c(cc12)CCC3. The van der Waals surface area contributed by atoms with Crippen LogP contribution in [0.3, 0.4) is 0 Å². The van der Waals surface area contributed by atoms with Crippen LogP contribution in [0.25, 0.3) is 22.4 Å². The van der Waals surface area contributed by atoms with Crippen molar-refractivity contribution in [2.45, 2.75) is 19.3 Å². The number of aryl methyl sites for hydroxylation is 2.